The van der Waals surface area contributed by atoms with Gasteiger partial charge in [-0.25, -0.2) is 0 Å². The van der Waals surface area contributed by atoms with Crippen molar-refractivity contribution in [1.82, 2.24) is 4.90 Å². The van der Waals surface area contributed by atoms with E-state index in [1.54, 1.807) is 29.2 Å². The third kappa shape index (κ3) is 4.14. The third-order valence-electron chi connectivity index (χ3n) is 4.86. The van der Waals surface area contributed by atoms with E-state index in [0.717, 1.165) is 11.1 Å². The molecule has 0 radical (unpaired) electrons. The number of amides is 1. The topological polar surface area (TPSA) is 63.7 Å². The monoisotopic (exact) mass is 373 g/mol. The van der Waals surface area contributed by atoms with E-state index in [4.69, 9.17) is 4.18 Å². The van der Waals surface area contributed by atoms with Crippen LogP contribution in [0.3, 0.4) is 0 Å². The second-order valence-corrected chi connectivity index (χ2v) is 8.37. The molecule has 26 heavy (non-hydrogen) atoms. The van der Waals surface area contributed by atoms with E-state index in [2.05, 4.69) is 0 Å². The van der Waals surface area contributed by atoms with Crippen LogP contribution in [-0.4, -0.2) is 38.9 Å². The Bertz CT molecular complexity index is 862. The number of nitrogens with zero attached hydrogens (tertiary/aromatic N) is 1. The first-order valence-corrected chi connectivity index (χ1v) is 10.0. The van der Waals surface area contributed by atoms with Gasteiger partial charge in [0.2, 0.25) is 5.91 Å². The van der Waals surface area contributed by atoms with E-state index in [-0.39, 0.29) is 29.2 Å². The van der Waals surface area contributed by atoms with E-state index < -0.39 is 10.1 Å². The van der Waals surface area contributed by atoms with E-state index in [0.29, 0.717) is 13.1 Å². The molecule has 1 heterocycles. The fourth-order valence-electron chi connectivity index (χ4n) is 3.33. The molecule has 2 aromatic carbocycles. The summed E-state index contributed by atoms with van der Waals surface area (Å²) in [6.07, 6.45) is 0. The Hall–Kier alpha value is -2.18. The smallest absolute Gasteiger partial charge is 0.296 e. The molecule has 1 aliphatic rings. The molecule has 1 aliphatic heterocycles. The second-order valence-electron chi connectivity index (χ2n) is 6.75. The average Bonchev–Trinajstić information content (AvgIpc) is 3.06. The largest absolute Gasteiger partial charge is 0.342 e. The number of hydrogen-bond acceptors (Lipinski definition) is 4. The van der Waals surface area contributed by atoms with Crippen LogP contribution < -0.4 is 0 Å². The van der Waals surface area contributed by atoms with Gasteiger partial charge in [0.15, 0.2) is 0 Å². The molecule has 1 saturated heterocycles. The van der Waals surface area contributed by atoms with Gasteiger partial charge in [0.05, 0.1) is 11.5 Å². The molecule has 0 saturated carbocycles. The van der Waals surface area contributed by atoms with Gasteiger partial charge in [-0.15, -0.1) is 0 Å². The average molecular weight is 373 g/mol. The predicted octanol–water partition coefficient (Wildman–Crippen LogP) is 2.96. The maximum atomic E-state index is 12.5. The Morgan fingerprint density at radius 1 is 1.08 bits per heavy atom. The molecule has 0 aliphatic carbocycles. The SMILES string of the molecule is CC(=O)N1C[C@@H](COS(=O)(=O)c2ccc(C)cc2)[C@H](c2ccccc2)C1. The lowest BCUT2D eigenvalue weighted by atomic mass is 9.90. The van der Waals surface area contributed by atoms with Crippen molar-refractivity contribution in [3.63, 3.8) is 0 Å². The molecule has 0 aromatic heterocycles. The van der Waals surface area contributed by atoms with E-state index in [1.807, 2.05) is 37.3 Å². The van der Waals surface area contributed by atoms with Crippen LogP contribution >= 0.6 is 0 Å². The van der Waals surface area contributed by atoms with Gasteiger partial charge >= 0.3 is 0 Å². The maximum absolute atomic E-state index is 12.5. The lowest BCUT2D eigenvalue weighted by Crippen LogP contribution is -2.26. The van der Waals surface area contributed by atoms with E-state index >= 15 is 0 Å². The molecule has 2 atom stereocenters. The number of rotatable bonds is 5. The Morgan fingerprint density at radius 3 is 2.35 bits per heavy atom. The highest BCUT2D eigenvalue weighted by Gasteiger charge is 2.36. The highest BCUT2D eigenvalue weighted by Crippen LogP contribution is 2.33. The highest BCUT2D eigenvalue weighted by molar-refractivity contribution is 7.86. The lowest BCUT2D eigenvalue weighted by Gasteiger charge is -2.18. The minimum atomic E-state index is -3.81. The first-order valence-electron chi connectivity index (χ1n) is 8.63. The number of likely N-dealkylation sites (tertiary alicyclic amines) is 1. The van der Waals surface area contributed by atoms with Crippen LogP contribution in [0.1, 0.15) is 24.0 Å². The second kappa shape index (κ2) is 7.60. The van der Waals surface area contributed by atoms with Crippen molar-refractivity contribution in [3.8, 4) is 0 Å². The Balaban J connectivity index is 1.76. The van der Waals surface area contributed by atoms with Gasteiger partial charge in [-0.1, -0.05) is 48.0 Å². The minimum absolute atomic E-state index is 0.00479. The number of carbonyl (C=O) groups is 1. The van der Waals surface area contributed by atoms with Crippen molar-refractivity contribution in [2.45, 2.75) is 24.7 Å². The zero-order chi connectivity index (χ0) is 18.7. The summed E-state index contributed by atoms with van der Waals surface area (Å²) in [6, 6.07) is 16.5. The van der Waals surface area contributed by atoms with Crippen molar-refractivity contribution in [2.24, 2.45) is 5.92 Å². The summed E-state index contributed by atoms with van der Waals surface area (Å²) in [6.45, 7) is 4.57. The molecule has 0 N–H and O–H groups in total. The summed E-state index contributed by atoms with van der Waals surface area (Å²) in [7, 11) is -3.81. The van der Waals surface area contributed by atoms with Gasteiger partial charge in [-0.3, -0.25) is 8.98 Å². The summed E-state index contributed by atoms with van der Waals surface area (Å²) in [4.78, 5) is 13.7. The van der Waals surface area contributed by atoms with Crippen LogP contribution in [0.2, 0.25) is 0 Å². The van der Waals surface area contributed by atoms with Gasteiger partial charge in [0.1, 0.15) is 0 Å². The summed E-state index contributed by atoms with van der Waals surface area (Å²) in [5, 5.41) is 0. The van der Waals surface area contributed by atoms with E-state index in [1.165, 1.54) is 6.92 Å². The number of carbonyl (C=O) groups excluding carboxylic acids is 1. The molecule has 0 unspecified atom stereocenters. The number of benzene rings is 2. The van der Waals surface area contributed by atoms with Gasteiger partial charge < -0.3 is 4.90 Å². The summed E-state index contributed by atoms with van der Waals surface area (Å²) >= 11 is 0. The summed E-state index contributed by atoms with van der Waals surface area (Å²) < 4.78 is 30.3. The Morgan fingerprint density at radius 2 is 1.73 bits per heavy atom. The van der Waals surface area contributed by atoms with Crippen molar-refractivity contribution in [1.29, 1.82) is 0 Å². The zero-order valence-corrected chi connectivity index (χ0v) is 15.8. The predicted molar refractivity (Wildman–Crippen MR) is 99.2 cm³/mol. The van der Waals surface area contributed by atoms with Gasteiger partial charge in [0.25, 0.3) is 10.1 Å². The molecule has 1 fully saturated rings. The van der Waals surface area contributed by atoms with Crippen molar-refractivity contribution < 1.29 is 17.4 Å². The Kier molecular flexibility index (Phi) is 5.44. The third-order valence-corrected chi connectivity index (χ3v) is 6.16. The van der Waals surface area contributed by atoms with Crippen LogP contribution in [-0.2, 0) is 19.1 Å². The highest BCUT2D eigenvalue weighted by atomic mass is 32.2. The quantitative estimate of drug-likeness (QED) is 0.756. The summed E-state index contributed by atoms with van der Waals surface area (Å²) in [5.74, 6) is -0.00957. The molecule has 0 bridgehead atoms. The molecular weight excluding hydrogens is 350 g/mol. The molecule has 5 nitrogen and oxygen atoms in total. The zero-order valence-electron chi connectivity index (χ0n) is 15.0. The van der Waals surface area contributed by atoms with Crippen LogP contribution in [0.4, 0.5) is 0 Å². The molecular formula is C20H23NO4S. The number of hydrogen-bond donors (Lipinski definition) is 0. The first kappa shape index (κ1) is 18.6. The molecule has 1 amide bonds. The maximum Gasteiger partial charge on any atom is 0.296 e. The molecule has 0 spiro atoms. The fraction of sp³-hybridized carbons (Fsp3) is 0.350. The van der Waals surface area contributed by atoms with Gasteiger partial charge in [-0.05, 0) is 24.6 Å². The van der Waals surface area contributed by atoms with Crippen molar-refractivity contribution in [3.05, 3.63) is 65.7 Å². The fourth-order valence-corrected chi connectivity index (χ4v) is 4.28. The van der Waals surface area contributed by atoms with E-state index in [9.17, 15) is 13.2 Å². The summed E-state index contributed by atoms with van der Waals surface area (Å²) in [5.41, 5.74) is 2.08. The molecule has 138 valence electrons. The minimum Gasteiger partial charge on any atom is -0.342 e. The first-order chi connectivity index (χ1) is 12.4. The number of aryl methyl sites for hydroxylation is 1. The van der Waals surface area contributed by atoms with Crippen LogP contribution in [0, 0.1) is 12.8 Å². The van der Waals surface area contributed by atoms with Crippen LogP contribution in [0.15, 0.2) is 59.5 Å². The van der Waals surface area contributed by atoms with Gasteiger partial charge in [0, 0.05) is 31.8 Å². The molecule has 3 rings (SSSR count). The van der Waals surface area contributed by atoms with Gasteiger partial charge in [-0.2, -0.15) is 8.42 Å². The standard InChI is InChI=1S/C20H23NO4S/c1-15-8-10-19(11-9-15)26(23,24)25-14-18-12-21(16(2)22)13-20(18)17-6-4-3-5-7-17/h3-11,18,20H,12-14H2,1-2H3/t18-,20-/m0/s1. The normalized spacial score (nSPS) is 20.3. The molecule has 2 aromatic rings. The van der Waals surface area contributed by atoms with Crippen molar-refractivity contribution in [2.75, 3.05) is 19.7 Å². The van der Waals surface area contributed by atoms with Crippen molar-refractivity contribution >= 4 is 16.0 Å². The van der Waals surface area contributed by atoms with Crippen LogP contribution in [0.5, 0.6) is 0 Å². The Labute approximate surface area is 154 Å². The van der Waals surface area contributed by atoms with Crippen LogP contribution in [0.25, 0.3) is 0 Å². The molecule has 6 heteroatoms. The lowest BCUT2D eigenvalue weighted by molar-refractivity contribution is -0.127.